The Balaban J connectivity index is 1.65. The third-order valence-electron chi connectivity index (χ3n) is 4.23. The van der Waals surface area contributed by atoms with Crippen LogP contribution in [0.2, 0.25) is 0 Å². The zero-order valence-corrected chi connectivity index (χ0v) is 14.7. The van der Waals surface area contributed by atoms with Crippen LogP contribution in [0.4, 0.5) is 11.1 Å². The van der Waals surface area contributed by atoms with Gasteiger partial charge in [-0.15, -0.1) is 0 Å². The van der Waals surface area contributed by atoms with Gasteiger partial charge in [0.25, 0.3) is 5.91 Å². The van der Waals surface area contributed by atoms with E-state index >= 15 is 0 Å². The Hall–Kier alpha value is -2.74. The smallest absolute Gasteiger partial charge is 0.259 e. The highest BCUT2D eigenvalue weighted by atomic mass is 32.1. The van der Waals surface area contributed by atoms with Crippen LogP contribution < -0.4 is 11.1 Å². The summed E-state index contributed by atoms with van der Waals surface area (Å²) in [4.78, 5) is 37.1. The van der Waals surface area contributed by atoms with Gasteiger partial charge in [0.05, 0.1) is 21.7 Å². The number of nitrogens with two attached hydrogens (primary N) is 1. The van der Waals surface area contributed by atoms with Gasteiger partial charge in [-0.3, -0.25) is 14.9 Å². The highest BCUT2D eigenvalue weighted by Crippen LogP contribution is 2.38. The zero-order chi connectivity index (χ0) is 17.8. The molecule has 0 aliphatic heterocycles. The first-order chi connectivity index (χ1) is 11.8. The summed E-state index contributed by atoms with van der Waals surface area (Å²) in [6.45, 7) is 4.10. The fourth-order valence-corrected chi connectivity index (χ4v) is 4.09. The number of hydrogen-bond donors (Lipinski definition) is 3. The molecule has 0 unspecified atom stereocenters. The summed E-state index contributed by atoms with van der Waals surface area (Å²) in [6.07, 6.45) is 1.23. The summed E-state index contributed by atoms with van der Waals surface area (Å²) in [6, 6.07) is 5.24. The summed E-state index contributed by atoms with van der Waals surface area (Å²) in [7, 11) is 0. The molecule has 2 heterocycles. The number of H-pyrrole nitrogens is 1. The first-order valence-electron chi connectivity index (χ1n) is 7.91. The SMILES string of the molecule is CC1(C)CC(=O)c2sc(NC(=O)c3cccc4[nH]c(N)nc34)nc2C1. The molecule has 0 saturated heterocycles. The van der Waals surface area contributed by atoms with E-state index in [0.717, 1.165) is 12.1 Å². The summed E-state index contributed by atoms with van der Waals surface area (Å²) >= 11 is 1.23. The molecule has 0 saturated carbocycles. The molecule has 4 rings (SSSR count). The lowest BCUT2D eigenvalue weighted by Crippen LogP contribution is -2.26. The van der Waals surface area contributed by atoms with Crippen LogP contribution in [0.15, 0.2) is 18.2 Å². The lowest BCUT2D eigenvalue weighted by molar-refractivity contribution is 0.0915. The molecule has 1 aliphatic carbocycles. The number of carbonyl (C=O) groups excluding carboxylic acids is 2. The monoisotopic (exact) mass is 355 g/mol. The molecule has 1 aliphatic rings. The molecule has 8 heteroatoms. The number of para-hydroxylation sites is 1. The van der Waals surface area contributed by atoms with Crippen molar-refractivity contribution in [3.05, 3.63) is 34.3 Å². The van der Waals surface area contributed by atoms with Gasteiger partial charge in [0, 0.05) is 6.42 Å². The van der Waals surface area contributed by atoms with Crippen molar-refractivity contribution in [1.29, 1.82) is 0 Å². The number of benzene rings is 1. The number of hydrogen-bond acceptors (Lipinski definition) is 6. The molecule has 3 aromatic rings. The number of thiazole rings is 1. The van der Waals surface area contributed by atoms with Crippen molar-refractivity contribution in [1.82, 2.24) is 15.0 Å². The van der Waals surface area contributed by atoms with Crippen LogP contribution in [0.5, 0.6) is 0 Å². The predicted octanol–water partition coefficient (Wildman–Crippen LogP) is 3.01. The van der Waals surface area contributed by atoms with E-state index in [-0.39, 0.29) is 23.1 Å². The van der Waals surface area contributed by atoms with E-state index in [4.69, 9.17) is 5.73 Å². The molecule has 0 fully saturated rings. The van der Waals surface area contributed by atoms with Crippen molar-refractivity contribution in [2.75, 3.05) is 11.1 Å². The Kier molecular flexibility index (Phi) is 3.40. The first-order valence-corrected chi connectivity index (χ1v) is 8.72. The minimum atomic E-state index is -0.324. The van der Waals surface area contributed by atoms with E-state index < -0.39 is 0 Å². The Labute approximate surface area is 147 Å². The molecule has 0 atom stereocenters. The van der Waals surface area contributed by atoms with Gasteiger partial charge >= 0.3 is 0 Å². The molecular weight excluding hydrogens is 338 g/mol. The number of ketones is 1. The second kappa shape index (κ2) is 5.38. The van der Waals surface area contributed by atoms with Crippen LogP contribution >= 0.6 is 11.3 Å². The van der Waals surface area contributed by atoms with E-state index in [9.17, 15) is 9.59 Å². The minimum Gasteiger partial charge on any atom is -0.369 e. The average molecular weight is 355 g/mol. The average Bonchev–Trinajstić information content (AvgIpc) is 3.07. The van der Waals surface area contributed by atoms with Crippen LogP contribution in [0.3, 0.4) is 0 Å². The molecule has 1 aromatic carbocycles. The number of carbonyl (C=O) groups is 2. The van der Waals surface area contributed by atoms with Gasteiger partial charge in [0.15, 0.2) is 16.9 Å². The number of aromatic nitrogens is 3. The Morgan fingerprint density at radius 1 is 1.32 bits per heavy atom. The normalized spacial score (nSPS) is 16.0. The molecule has 2 aromatic heterocycles. The largest absolute Gasteiger partial charge is 0.369 e. The van der Waals surface area contributed by atoms with Gasteiger partial charge in [-0.1, -0.05) is 31.3 Å². The Morgan fingerprint density at radius 3 is 2.92 bits per heavy atom. The Bertz CT molecular complexity index is 1020. The zero-order valence-electron chi connectivity index (χ0n) is 13.8. The van der Waals surface area contributed by atoms with Crippen molar-refractivity contribution in [2.45, 2.75) is 26.7 Å². The third kappa shape index (κ3) is 2.78. The first kappa shape index (κ1) is 15.8. The summed E-state index contributed by atoms with van der Waals surface area (Å²) < 4.78 is 0. The van der Waals surface area contributed by atoms with E-state index in [1.165, 1.54) is 11.3 Å². The molecule has 1 amide bonds. The molecule has 0 radical (unpaired) electrons. The van der Waals surface area contributed by atoms with Crippen molar-refractivity contribution in [3.8, 4) is 0 Å². The number of amides is 1. The molecule has 25 heavy (non-hydrogen) atoms. The van der Waals surface area contributed by atoms with E-state index in [1.54, 1.807) is 18.2 Å². The van der Waals surface area contributed by atoms with Crippen LogP contribution in [-0.4, -0.2) is 26.6 Å². The van der Waals surface area contributed by atoms with Crippen molar-refractivity contribution in [2.24, 2.45) is 5.41 Å². The third-order valence-corrected chi connectivity index (χ3v) is 5.29. The number of fused-ring (bicyclic) bond motifs is 2. The number of rotatable bonds is 2. The summed E-state index contributed by atoms with van der Waals surface area (Å²) in [5, 5.41) is 3.22. The minimum absolute atomic E-state index is 0.0893. The fourth-order valence-electron chi connectivity index (χ4n) is 3.17. The summed E-state index contributed by atoms with van der Waals surface area (Å²) in [5.41, 5.74) is 7.95. The van der Waals surface area contributed by atoms with Crippen LogP contribution in [0.1, 0.15) is 46.0 Å². The highest BCUT2D eigenvalue weighted by Gasteiger charge is 2.34. The van der Waals surface area contributed by atoms with E-state index in [1.807, 2.05) is 13.8 Å². The lowest BCUT2D eigenvalue weighted by atomic mass is 9.78. The quantitative estimate of drug-likeness (QED) is 0.654. The number of nitrogen functional groups attached to an aromatic ring is 1. The van der Waals surface area contributed by atoms with E-state index in [2.05, 4.69) is 20.3 Å². The maximum atomic E-state index is 12.6. The molecule has 0 bridgehead atoms. The van der Waals surface area contributed by atoms with Crippen LogP contribution in [0.25, 0.3) is 11.0 Å². The van der Waals surface area contributed by atoms with Crippen molar-refractivity contribution < 1.29 is 9.59 Å². The maximum absolute atomic E-state index is 12.6. The molecule has 128 valence electrons. The van der Waals surface area contributed by atoms with Crippen molar-refractivity contribution in [3.63, 3.8) is 0 Å². The van der Waals surface area contributed by atoms with Crippen molar-refractivity contribution >= 4 is 45.1 Å². The second-order valence-electron chi connectivity index (χ2n) is 7.01. The van der Waals surface area contributed by atoms with E-state index in [0.29, 0.717) is 33.0 Å². The topological polar surface area (TPSA) is 114 Å². The number of anilines is 2. The van der Waals surface area contributed by atoms with Gasteiger partial charge in [-0.2, -0.15) is 0 Å². The predicted molar refractivity (Wildman–Crippen MR) is 97.0 cm³/mol. The maximum Gasteiger partial charge on any atom is 0.259 e. The van der Waals surface area contributed by atoms with Gasteiger partial charge in [0.1, 0.15) is 5.52 Å². The number of imidazole rings is 1. The fraction of sp³-hybridized carbons (Fsp3) is 0.294. The lowest BCUT2D eigenvalue weighted by Gasteiger charge is -2.26. The Morgan fingerprint density at radius 2 is 2.12 bits per heavy atom. The second-order valence-corrected chi connectivity index (χ2v) is 8.01. The van der Waals surface area contributed by atoms with Crippen LogP contribution in [-0.2, 0) is 6.42 Å². The number of Topliss-reactive ketones (excluding diaryl/α,β-unsaturated/α-hetero) is 1. The highest BCUT2D eigenvalue weighted by molar-refractivity contribution is 7.17. The van der Waals surface area contributed by atoms with Gasteiger partial charge in [0.2, 0.25) is 0 Å². The number of aromatic amines is 1. The molecular formula is C17H17N5O2S. The number of nitrogens with one attached hydrogen (secondary N) is 2. The standard InChI is InChI=1S/C17H17N5O2S/c1-17(2)6-10-13(11(23)7-17)25-16(20-10)22-14(24)8-4-3-5-9-12(8)21-15(18)19-9/h3-5H,6-7H2,1-2H3,(H3,18,19,21)(H,20,22,24). The molecule has 7 nitrogen and oxygen atoms in total. The molecule has 0 spiro atoms. The molecule has 4 N–H and O–H groups in total. The number of nitrogens with zero attached hydrogens (tertiary/aromatic N) is 2. The van der Waals surface area contributed by atoms with Gasteiger partial charge < -0.3 is 10.7 Å². The van der Waals surface area contributed by atoms with Gasteiger partial charge in [-0.25, -0.2) is 9.97 Å². The van der Waals surface area contributed by atoms with Crippen LogP contribution in [0, 0.1) is 5.41 Å². The summed E-state index contributed by atoms with van der Waals surface area (Å²) in [5.74, 6) is 0.0223. The van der Waals surface area contributed by atoms with Gasteiger partial charge in [-0.05, 0) is 24.0 Å².